The lowest BCUT2D eigenvalue weighted by atomic mass is 10.3. The molecule has 0 aromatic heterocycles. The lowest BCUT2D eigenvalue weighted by Crippen LogP contribution is -1.97. The summed E-state index contributed by atoms with van der Waals surface area (Å²) in [7, 11) is 0. The smallest absolute Gasteiger partial charge is 0.310 e. The van der Waals surface area contributed by atoms with Gasteiger partial charge in [-0.1, -0.05) is 43.6 Å². The van der Waals surface area contributed by atoms with Crippen LogP contribution in [0.4, 0.5) is 5.69 Å². The van der Waals surface area contributed by atoms with Gasteiger partial charge in [-0.2, -0.15) is 0 Å². The van der Waals surface area contributed by atoms with Crippen molar-refractivity contribution in [1.29, 1.82) is 0 Å². The quantitative estimate of drug-likeness (QED) is 0.595. The number of nitro groups is 1. The summed E-state index contributed by atoms with van der Waals surface area (Å²) in [6.07, 6.45) is 0. The summed E-state index contributed by atoms with van der Waals surface area (Å²) in [6, 6.07) is 4.61. The third kappa shape index (κ3) is 6.94. The Balaban J connectivity index is 0. The van der Waals surface area contributed by atoms with Crippen molar-refractivity contribution in [3.8, 4) is 5.75 Å². The molecule has 4 nitrogen and oxygen atoms in total. The molecule has 98 valence electrons. The zero-order valence-corrected chi connectivity index (χ0v) is 12.6. The molecule has 0 unspecified atom stereocenters. The fourth-order valence-electron chi connectivity index (χ4n) is 0.910. The van der Waals surface area contributed by atoms with Gasteiger partial charge in [0, 0.05) is 16.6 Å². The van der Waals surface area contributed by atoms with Gasteiger partial charge >= 0.3 is 5.69 Å². The Morgan fingerprint density at radius 1 is 1.29 bits per heavy atom. The van der Waals surface area contributed by atoms with Crippen LogP contribution in [0.25, 0.3) is 0 Å². The molecule has 0 aliphatic rings. The number of hydrogen-bond donors (Lipinski definition) is 0. The molecule has 0 N–H and O–H groups in total. The number of halogens is 1. The highest BCUT2D eigenvalue weighted by atomic mass is 79.9. The van der Waals surface area contributed by atoms with Crippen molar-refractivity contribution in [2.75, 3.05) is 6.61 Å². The Kier molecular flexibility index (Phi) is 12.2. The Hall–Kier alpha value is -1.10. The van der Waals surface area contributed by atoms with Gasteiger partial charge in [0.15, 0.2) is 5.75 Å². The normalized spacial score (nSPS) is 8.12. The van der Waals surface area contributed by atoms with E-state index >= 15 is 0 Å². The first kappa shape index (κ1) is 18.3. The van der Waals surface area contributed by atoms with Crippen molar-refractivity contribution < 1.29 is 9.66 Å². The van der Waals surface area contributed by atoms with Crippen molar-refractivity contribution in [3.63, 3.8) is 0 Å². The molecular weight excluding hydrogens is 286 g/mol. The van der Waals surface area contributed by atoms with Crippen LogP contribution in [-0.4, -0.2) is 11.5 Å². The summed E-state index contributed by atoms with van der Waals surface area (Å²) in [6.45, 7) is 10.2. The molecule has 5 heteroatoms. The molecule has 1 aromatic carbocycles. The second kappa shape index (κ2) is 11.4. The lowest BCUT2D eigenvalue weighted by Gasteiger charge is -2.03. The van der Waals surface area contributed by atoms with Crippen LogP contribution in [-0.2, 0) is 0 Å². The first-order valence-corrected chi connectivity index (χ1v) is 6.51. The molecule has 1 aromatic rings. The molecule has 0 spiro atoms. The summed E-state index contributed by atoms with van der Waals surface area (Å²) < 4.78 is 5.87. The Morgan fingerprint density at radius 2 is 1.82 bits per heavy atom. The predicted molar refractivity (Wildman–Crippen MR) is 74.7 cm³/mol. The molecular formula is C12H20BrNO3. The minimum atomic E-state index is -0.461. The van der Waals surface area contributed by atoms with E-state index in [-0.39, 0.29) is 5.69 Å². The molecule has 0 aliphatic heterocycles. The molecule has 17 heavy (non-hydrogen) atoms. The van der Waals surface area contributed by atoms with E-state index in [1.165, 1.54) is 6.07 Å². The van der Waals surface area contributed by atoms with E-state index in [1.54, 1.807) is 19.1 Å². The van der Waals surface area contributed by atoms with Crippen LogP contribution in [0.2, 0.25) is 0 Å². The highest BCUT2D eigenvalue weighted by Gasteiger charge is 2.14. The van der Waals surface area contributed by atoms with E-state index in [2.05, 4.69) is 15.9 Å². The Bertz CT molecular complexity index is 330. The van der Waals surface area contributed by atoms with Gasteiger partial charge in [-0.25, -0.2) is 0 Å². The Morgan fingerprint density at radius 3 is 2.24 bits per heavy atom. The van der Waals surface area contributed by atoms with E-state index in [1.807, 2.05) is 27.7 Å². The summed E-state index contributed by atoms with van der Waals surface area (Å²) >= 11 is 3.21. The van der Waals surface area contributed by atoms with E-state index in [0.29, 0.717) is 12.4 Å². The highest BCUT2D eigenvalue weighted by molar-refractivity contribution is 9.10. The van der Waals surface area contributed by atoms with Gasteiger partial charge in [-0.15, -0.1) is 0 Å². The maximum atomic E-state index is 10.5. The summed E-state index contributed by atoms with van der Waals surface area (Å²) in [4.78, 5) is 10.1. The molecule has 0 bridgehead atoms. The molecule has 0 atom stereocenters. The molecule has 0 saturated carbocycles. The molecule has 0 saturated heterocycles. The second-order valence-electron chi connectivity index (χ2n) is 2.30. The second-order valence-corrected chi connectivity index (χ2v) is 3.22. The third-order valence-electron chi connectivity index (χ3n) is 1.42. The molecule has 0 aliphatic carbocycles. The van der Waals surface area contributed by atoms with Gasteiger partial charge in [0.25, 0.3) is 0 Å². The first-order valence-electron chi connectivity index (χ1n) is 5.72. The molecule has 0 radical (unpaired) electrons. The fraction of sp³-hybridized carbons (Fsp3) is 0.500. The topological polar surface area (TPSA) is 52.4 Å². The minimum Gasteiger partial charge on any atom is -0.487 e. The largest absolute Gasteiger partial charge is 0.487 e. The van der Waals surface area contributed by atoms with Crippen LogP contribution in [0.1, 0.15) is 34.6 Å². The highest BCUT2D eigenvalue weighted by Crippen LogP contribution is 2.29. The van der Waals surface area contributed by atoms with Crippen LogP contribution in [0, 0.1) is 10.1 Å². The molecule has 0 amide bonds. The average Bonchev–Trinajstić information content (AvgIpc) is 2.34. The summed E-state index contributed by atoms with van der Waals surface area (Å²) in [5.41, 5.74) is -0.00921. The number of nitro benzene ring substituents is 1. The monoisotopic (exact) mass is 305 g/mol. The number of ether oxygens (including phenoxy) is 1. The zero-order valence-electron chi connectivity index (χ0n) is 11.0. The number of benzene rings is 1. The van der Waals surface area contributed by atoms with Gasteiger partial charge in [0.1, 0.15) is 0 Å². The third-order valence-corrected chi connectivity index (χ3v) is 1.91. The average molecular weight is 306 g/mol. The molecule has 1 rings (SSSR count). The first-order chi connectivity index (χ1) is 8.15. The fourth-order valence-corrected chi connectivity index (χ4v) is 1.25. The van der Waals surface area contributed by atoms with Gasteiger partial charge in [-0.05, 0) is 13.0 Å². The standard InChI is InChI=1S/C8H8BrNO3.2C2H6/c1-2-13-8-5-6(9)3-4-7(8)10(11)12;2*1-2/h3-5H,2H2,1H3;2*1-2H3. The minimum absolute atomic E-state index is 0.00921. The maximum Gasteiger partial charge on any atom is 0.310 e. The summed E-state index contributed by atoms with van der Waals surface area (Å²) in [5.74, 6) is 0.293. The van der Waals surface area contributed by atoms with Crippen molar-refractivity contribution in [1.82, 2.24) is 0 Å². The molecule has 0 fully saturated rings. The van der Waals surface area contributed by atoms with Gasteiger partial charge in [0.05, 0.1) is 11.5 Å². The maximum absolute atomic E-state index is 10.5. The van der Waals surface area contributed by atoms with Gasteiger partial charge in [-0.3, -0.25) is 10.1 Å². The van der Waals surface area contributed by atoms with Crippen molar-refractivity contribution in [2.24, 2.45) is 0 Å². The molecule has 0 heterocycles. The van der Waals surface area contributed by atoms with E-state index in [0.717, 1.165) is 4.47 Å². The van der Waals surface area contributed by atoms with Crippen molar-refractivity contribution >= 4 is 21.6 Å². The predicted octanol–water partition coefficient (Wildman–Crippen LogP) is 4.81. The number of nitrogens with zero attached hydrogens (tertiary/aromatic N) is 1. The lowest BCUT2D eigenvalue weighted by molar-refractivity contribution is -0.385. The SMILES string of the molecule is CC.CC.CCOc1cc(Br)ccc1[N+](=O)[O-]. The number of hydrogen-bond acceptors (Lipinski definition) is 3. The van der Waals surface area contributed by atoms with Crippen LogP contribution in [0.15, 0.2) is 22.7 Å². The van der Waals surface area contributed by atoms with E-state index < -0.39 is 4.92 Å². The van der Waals surface area contributed by atoms with Gasteiger partial charge in [0.2, 0.25) is 0 Å². The van der Waals surface area contributed by atoms with Crippen molar-refractivity contribution in [3.05, 3.63) is 32.8 Å². The van der Waals surface area contributed by atoms with Crippen LogP contribution in [0.5, 0.6) is 5.75 Å². The van der Waals surface area contributed by atoms with E-state index in [4.69, 9.17) is 4.74 Å². The zero-order chi connectivity index (χ0) is 13.8. The van der Waals surface area contributed by atoms with Crippen LogP contribution < -0.4 is 4.74 Å². The van der Waals surface area contributed by atoms with Crippen molar-refractivity contribution in [2.45, 2.75) is 34.6 Å². The van der Waals surface area contributed by atoms with Crippen LogP contribution in [0.3, 0.4) is 0 Å². The van der Waals surface area contributed by atoms with E-state index in [9.17, 15) is 10.1 Å². The number of rotatable bonds is 3. The Labute approximate surface area is 111 Å². The van der Waals surface area contributed by atoms with Crippen LogP contribution >= 0.6 is 15.9 Å². The van der Waals surface area contributed by atoms with Gasteiger partial charge < -0.3 is 4.74 Å². The summed E-state index contributed by atoms with van der Waals surface area (Å²) in [5, 5.41) is 10.5.